The third-order valence-electron chi connectivity index (χ3n) is 5.45. The number of aliphatic hydroxyl groups excluding tert-OH is 1. The maximum Gasteiger partial charge on any atom is 0.327 e. The average Bonchev–Trinajstić information content (AvgIpc) is 2.79. The Morgan fingerprint density at radius 1 is 0.935 bits per heavy atom. The summed E-state index contributed by atoms with van der Waals surface area (Å²) in [5.74, 6) is -3.41. The molecule has 0 spiro atoms. The lowest BCUT2D eigenvalue weighted by molar-refractivity contribution is -0.185. The minimum atomic E-state index is -2.16. The van der Waals surface area contributed by atoms with Crippen molar-refractivity contribution in [1.82, 2.24) is 0 Å². The first kappa shape index (κ1) is 23.0. The SMILES string of the molecule is CCOC(=O)C1(C(=O)OCC)[C@H](C(=O)c2ccccc2)[C@H](c2ccccc2)SC[C@@H]1O. The minimum Gasteiger partial charge on any atom is -0.465 e. The summed E-state index contributed by atoms with van der Waals surface area (Å²) in [6.07, 6.45) is -1.44. The molecule has 3 atom stereocenters. The normalized spacial score (nSPS) is 22.4. The van der Waals surface area contributed by atoms with Crippen LogP contribution in [0.1, 0.15) is 35.0 Å². The van der Waals surface area contributed by atoms with Crippen molar-refractivity contribution in [3.05, 3.63) is 71.8 Å². The van der Waals surface area contributed by atoms with E-state index in [0.29, 0.717) is 5.56 Å². The second-order valence-electron chi connectivity index (χ2n) is 7.20. The van der Waals surface area contributed by atoms with Crippen LogP contribution in [0.25, 0.3) is 0 Å². The lowest BCUT2D eigenvalue weighted by Crippen LogP contribution is -2.61. The fourth-order valence-electron chi connectivity index (χ4n) is 4.04. The number of esters is 2. The summed E-state index contributed by atoms with van der Waals surface area (Å²) in [4.78, 5) is 40.5. The smallest absolute Gasteiger partial charge is 0.327 e. The molecule has 0 radical (unpaired) electrons. The van der Waals surface area contributed by atoms with Crippen molar-refractivity contribution in [2.24, 2.45) is 11.3 Å². The predicted molar refractivity (Wildman–Crippen MR) is 118 cm³/mol. The molecule has 1 N–H and O–H groups in total. The summed E-state index contributed by atoms with van der Waals surface area (Å²) in [6, 6.07) is 17.7. The van der Waals surface area contributed by atoms with Crippen molar-refractivity contribution in [3.63, 3.8) is 0 Å². The minimum absolute atomic E-state index is 0.00209. The molecule has 1 saturated heterocycles. The second kappa shape index (κ2) is 10.1. The van der Waals surface area contributed by atoms with Gasteiger partial charge in [0.15, 0.2) is 5.78 Å². The number of ketones is 1. The van der Waals surface area contributed by atoms with Gasteiger partial charge in [-0.15, -0.1) is 0 Å². The number of aliphatic hydroxyl groups is 1. The highest BCUT2D eigenvalue weighted by Crippen LogP contribution is 2.54. The Bertz CT molecular complexity index is 896. The molecule has 2 aromatic rings. The summed E-state index contributed by atoms with van der Waals surface area (Å²) < 4.78 is 10.5. The topological polar surface area (TPSA) is 89.9 Å². The predicted octanol–water partition coefficient (Wildman–Crippen LogP) is 3.45. The van der Waals surface area contributed by atoms with E-state index in [2.05, 4.69) is 0 Å². The van der Waals surface area contributed by atoms with Gasteiger partial charge in [-0.3, -0.25) is 14.4 Å². The Morgan fingerprint density at radius 3 is 1.97 bits per heavy atom. The van der Waals surface area contributed by atoms with E-state index in [-0.39, 0.29) is 19.0 Å². The van der Waals surface area contributed by atoms with Crippen molar-refractivity contribution < 1.29 is 29.0 Å². The molecule has 0 aromatic heterocycles. The monoisotopic (exact) mass is 442 g/mol. The van der Waals surface area contributed by atoms with Crippen molar-refractivity contribution in [1.29, 1.82) is 0 Å². The molecule has 7 heteroatoms. The average molecular weight is 443 g/mol. The van der Waals surface area contributed by atoms with Gasteiger partial charge >= 0.3 is 11.9 Å². The molecule has 0 aliphatic carbocycles. The van der Waals surface area contributed by atoms with E-state index in [1.807, 2.05) is 30.3 Å². The van der Waals surface area contributed by atoms with Crippen molar-refractivity contribution >= 4 is 29.5 Å². The molecule has 31 heavy (non-hydrogen) atoms. The van der Waals surface area contributed by atoms with E-state index < -0.39 is 40.4 Å². The molecule has 0 unspecified atom stereocenters. The van der Waals surface area contributed by atoms with Crippen LogP contribution < -0.4 is 0 Å². The number of ether oxygens (including phenoxy) is 2. The van der Waals surface area contributed by atoms with E-state index >= 15 is 0 Å². The number of rotatable bonds is 7. The fourth-order valence-corrected chi connectivity index (χ4v) is 5.57. The molecule has 6 nitrogen and oxygen atoms in total. The molecule has 0 bridgehead atoms. The van der Waals surface area contributed by atoms with Crippen LogP contribution in [0.4, 0.5) is 0 Å². The summed E-state index contributed by atoms with van der Waals surface area (Å²) in [5.41, 5.74) is -1.03. The molecule has 1 aliphatic rings. The van der Waals surface area contributed by atoms with Crippen LogP contribution in [0.5, 0.6) is 0 Å². The highest BCUT2D eigenvalue weighted by atomic mass is 32.2. The number of thioether (sulfide) groups is 1. The molecule has 164 valence electrons. The van der Waals surface area contributed by atoms with Gasteiger partial charge in [0, 0.05) is 16.6 Å². The van der Waals surface area contributed by atoms with Crippen LogP contribution in [-0.2, 0) is 19.1 Å². The Kier molecular flexibility index (Phi) is 7.51. The zero-order valence-electron chi connectivity index (χ0n) is 17.5. The van der Waals surface area contributed by atoms with E-state index in [4.69, 9.17) is 9.47 Å². The fraction of sp³-hybridized carbons (Fsp3) is 0.375. The lowest BCUT2D eigenvalue weighted by atomic mass is 9.65. The third kappa shape index (κ3) is 4.25. The van der Waals surface area contributed by atoms with Gasteiger partial charge < -0.3 is 14.6 Å². The molecule has 3 rings (SSSR count). The van der Waals surface area contributed by atoms with Crippen LogP contribution in [0.2, 0.25) is 0 Å². The molecule has 1 heterocycles. The molecular weight excluding hydrogens is 416 g/mol. The van der Waals surface area contributed by atoms with E-state index in [9.17, 15) is 19.5 Å². The summed E-state index contributed by atoms with van der Waals surface area (Å²) >= 11 is 1.34. The second-order valence-corrected chi connectivity index (χ2v) is 8.37. The Balaban J connectivity index is 2.25. The van der Waals surface area contributed by atoms with Crippen molar-refractivity contribution in [2.75, 3.05) is 19.0 Å². The van der Waals surface area contributed by atoms with Gasteiger partial charge in [0.05, 0.1) is 25.2 Å². The first-order valence-corrected chi connectivity index (χ1v) is 11.3. The molecule has 1 aliphatic heterocycles. The third-order valence-corrected chi connectivity index (χ3v) is 6.86. The van der Waals surface area contributed by atoms with Gasteiger partial charge in [0.25, 0.3) is 0 Å². The quantitative estimate of drug-likeness (QED) is 0.399. The number of benzene rings is 2. The molecular formula is C24H26O6S. The summed E-state index contributed by atoms with van der Waals surface area (Å²) in [6.45, 7) is 3.23. The van der Waals surface area contributed by atoms with Crippen molar-refractivity contribution in [3.8, 4) is 0 Å². The lowest BCUT2D eigenvalue weighted by Gasteiger charge is -2.46. The first-order valence-electron chi connectivity index (χ1n) is 10.3. The number of carbonyl (C=O) groups excluding carboxylic acids is 3. The van der Waals surface area contributed by atoms with E-state index in [1.165, 1.54) is 11.8 Å². The molecule has 0 amide bonds. The van der Waals surface area contributed by atoms with Gasteiger partial charge in [-0.05, 0) is 19.4 Å². The maximum absolute atomic E-state index is 13.8. The first-order chi connectivity index (χ1) is 15.0. The van der Waals surface area contributed by atoms with Gasteiger partial charge in [-0.2, -0.15) is 11.8 Å². The van der Waals surface area contributed by atoms with Crippen LogP contribution in [0.15, 0.2) is 60.7 Å². The highest BCUT2D eigenvalue weighted by molar-refractivity contribution is 7.99. The van der Waals surface area contributed by atoms with Gasteiger partial charge in [0.1, 0.15) is 0 Å². The zero-order chi connectivity index (χ0) is 22.4. The van der Waals surface area contributed by atoms with Crippen molar-refractivity contribution in [2.45, 2.75) is 25.2 Å². The maximum atomic E-state index is 13.8. The van der Waals surface area contributed by atoms with E-state index in [1.54, 1.807) is 44.2 Å². The van der Waals surface area contributed by atoms with Crippen LogP contribution in [0, 0.1) is 11.3 Å². The number of Topliss-reactive ketones (excluding diaryl/α,β-unsaturated/α-hetero) is 1. The van der Waals surface area contributed by atoms with E-state index in [0.717, 1.165) is 5.56 Å². The Morgan fingerprint density at radius 2 is 1.45 bits per heavy atom. The Hall–Kier alpha value is -2.64. The van der Waals surface area contributed by atoms with Gasteiger partial charge in [-0.1, -0.05) is 60.7 Å². The zero-order valence-corrected chi connectivity index (χ0v) is 18.3. The van der Waals surface area contributed by atoms with Gasteiger partial charge in [-0.25, -0.2) is 0 Å². The highest BCUT2D eigenvalue weighted by Gasteiger charge is 2.66. The van der Waals surface area contributed by atoms with Crippen LogP contribution >= 0.6 is 11.8 Å². The summed E-state index contributed by atoms with van der Waals surface area (Å²) in [5, 5.41) is 10.5. The largest absolute Gasteiger partial charge is 0.465 e. The number of hydrogen-bond acceptors (Lipinski definition) is 7. The van der Waals surface area contributed by atoms with Crippen LogP contribution in [-0.4, -0.2) is 47.9 Å². The number of carbonyl (C=O) groups is 3. The molecule has 0 saturated carbocycles. The number of hydrogen-bond donors (Lipinski definition) is 1. The summed E-state index contributed by atoms with van der Waals surface area (Å²) in [7, 11) is 0. The molecule has 2 aromatic carbocycles. The standard InChI is InChI=1S/C24H26O6S/c1-3-29-22(27)24(23(28)30-4-2)18(25)15-31-21(17-13-9-6-10-14-17)19(24)20(26)16-11-7-5-8-12-16/h5-14,18-19,21,25H,3-4,15H2,1-2H3/t18-,19+,21-/m0/s1. The van der Waals surface area contributed by atoms with Crippen LogP contribution in [0.3, 0.4) is 0 Å². The molecule has 1 fully saturated rings. The Labute approximate surface area is 185 Å². The van der Waals surface area contributed by atoms with Gasteiger partial charge in [0.2, 0.25) is 5.41 Å².